The third-order valence-electron chi connectivity index (χ3n) is 7.97. The van der Waals surface area contributed by atoms with E-state index < -0.39 is 0 Å². The highest BCUT2D eigenvalue weighted by molar-refractivity contribution is 6.10. The Morgan fingerprint density at radius 2 is 1.70 bits per heavy atom. The molecule has 6 heterocycles. The number of nitrogens with one attached hydrogen (secondary N) is 1. The number of piperidine rings is 1. The molecule has 6 aliphatic heterocycles. The predicted octanol–water partition coefficient (Wildman–Crippen LogP) is 4.67. The van der Waals surface area contributed by atoms with Gasteiger partial charge in [-0.05, 0) is 55.6 Å². The van der Waals surface area contributed by atoms with Gasteiger partial charge in [-0.2, -0.15) is 0 Å². The molecular weight excluding hydrogens is 372 g/mol. The van der Waals surface area contributed by atoms with Crippen molar-refractivity contribution in [2.75, 3.05) is 19.6 Å². The summed E-state index contributed by atoms with van der Waals surface area (Å²) >= 11 is 0. The van der Waals surface area contributed by atoms with Crippen molar-refractivity contribution in [1.82, 2.24) is 15.1 Å². The third-order valence-corrected chi connectivity index (χ3v) is 7.97. The normalized spacial score (nSPS) is 34.1. The van der Waals surface area contributed by atoms with Gasteiger partial charge < -0.3 is 4.90 Å². The van der Waals surface area contributed by atoms with Crippen molar-refractivity contribution in [2.45, 2.75) is 88.8 Å². The van der Waals surface area contributed by atoms with Gasteiger partial charge in [-0.1, -0.05) is 50.5 Å². The second-order valence-corrected chi connectivity index (χ2v) is 9.94. The van der Waals surface area contributed by atoms with Crippen LogP contribution in [-0.2, 0) is 6.54 Å². The number of carbonyl (C=O) groups excluding carboxylic acids is 1. The Morgan fingerprint density at radius 3 is 2.43 bits per heavy atom. The van der Waals surface area contributed by atoms with Crippen LogP contribution in [0, 0.1) is 0 Å². The zero-order chi connectivity index (χ0) is 20.6. The van der Waals surface area contributed by atoms with Crippen molar-refractivity contribution in [3.05, 3.63) is 35.4 Å². The fraction of sp³-hybridized carbons (Fsp3) is 0.680. The van der Waals surface area contributed by atoms with Crippen LogP contribution in [0.25, 0.3) is 0 Å². The van der Waals surface area contributed by atoms with Crippen LogP contribution in [0.2, 0.25) is 0 Å². The van der Waals surface area contributed by atoms with Crippen molar-refractivity contribution in [2.24, 2.45) is 4.99 Å². The van der Waals surface area contributed by atoms with E-state index in [1.54, 1.807) is 0 Å². The summed E-state index contributed by atoms with van der Waals surface area (Å²) in [6.07, 6.45) is 10.4. The third kappa shape index (κ3) is 3.77. The molecule has 162 valence electrons. The molecule has 1 atom stereocenters. The van der Waals surface area contributed by atoms with Gasteiger partial charge in [0.05, 0.1) is 6.04 Å². The van der Waals surface area contributed by atoms with E-state index in [9.17, 15) is 4.79 Å². The highest BCUT2D eigenvalue weighted by atomic mass is 16.2. The fourth-order valence-electron chi connectivity index (χ4n) is 5.99. The zero-order valence-electron chi connectivity index (χ0n) is 18.4. The second kappa shape index (κ2) is 8.33. The van der Waals surface area contributed by atoms with E-state index in [2.05, 4.69) is 46.3 Å². The number of urea groups is 1. The standard InChI is InChI=1S/C25H36N4O/c1-19-6-5-15-29-24(30)27-23(26-22-7-3-2-4-8-22)25(29)13-16-28(17-14-25)18-20-9-11-21(19)12-10-20/h9-12,19,22H,2-8,13-18H2,1H3,(H,26,27,30). The molecule has 2 saturated heterocycles. The zero-order valence-corrected chi connectivity index (χ0v) is 18.4. The number of amides is 2. The summed E-state index contributed by atoms with van der Waals surface area (Å²) in [4.78, 5) is 23.0. The Kier molecular flexibility index (Phi) is 5.57. The lowest BCUT2D eigenvalue weighted by Crippen LogP contribution is -2.56. The molecule has 0 aromatic heterocycles. The highest BCUT2D eigenvalue weighted by Gasteiger charge is 2.52. The maximum absolute atomic E-state index is 13.1. The molecule has 5 nitrogen and oxygen atoms in total. The van der Waals surface area contributed by atoms with Gasteiger partial charge in [0.15, 0.2) is 0 Å². The molecule has 1 aromatic carbocycles. The monoisotopic (exact) mass is 408 g/mol. The van der Waals surface area contributed by atoms with E-state index in [1.165, 1.54) is 43.2 Å². The number of amidine groups is 1. The van der Waals surface area contributed by atoms with Crippen LogP contribution in [0.1, 0.15) is 81.8 Å². The molecule has 7 aliphatic rings. The first-order valence-corrected chi connectivity index (χ1v) is 12.1. The molecule has 1 saturated carbocycles. The first kappa shape index (κ1) is 20.0. The molecule has 1 spiro atoms. The number of benzene rings is 1. The van der Waals surface area contributed by atoms with Crippen LogP contribution < -0.4 is 5.32 Å². The number of nitrogens with zero attached hydrogens (tertiary/aromatic N) is 3. The Labute approximate surface area is 180 Å². The maximum Gasteiger partial charge on any atom is 0.323 e. The molecule has 4 bridgehead atoms. The highest BCUT2D eigenvalue weighted by Crippen LogP contribution is 2.36. The Hall–Kier alpha value is -1.88. The number of hydrogen-bond acceptors (Lipinski definition) is 3. The lowest BCUT2D eigenvalue weighted by molar-refractivity contribution is 0.0980. The first-order chi connectivity index (χ1) is 14.6. The lowest BCUT2D eigenvalue weighted by Gasteiger charge is -2.44. The van der Waals surface area contributed by atoms with Crippen LogP contribution >= 0.6 is 0 Å². The van der Waals surface area contributed by atoms with Crippen molar-refractivity contribution >= 4 is 11.9 Å². The Morgan fingerprint density at radius 1 is 0.967 bits per heavy atom. The van der Waals surface area contributed by atoms with Gasteiger partial charge in [-0.25, -0.2) is 4.79 Å². The largest absolute Gasteiger partial charge is 0.323 e. The summed E-state index contributed by atoms with van der Waals surface area (Å²) in [5.41, 5.74) is 2.60. The van der Waals surface area contributed by atoms with Gasteiger partial charge >= 0.3 is 6.03 Å². The predicted molar refractivity (Wildman–Crippen MR) is 121 cm³/mol. The summed E-state index contributed by atoms with van der Waals surface area (Å²) in [6, 6.07) is 9.71. The van der Waals surface area contributed by atoms with Crippen molar-refractivity contribution in [1.29, 1.82) is 0 Å². The molecule has 5 heteroatoms. The molecule has 8 rings (SSSR count). The number of aliphatic imine (C=N–C) groups is 1. The van der Waals surface area contributed by atoms with Gasteiger partial charge in [-0.3, -0.25) is 15.2 Å². The second-order valence-electron chi connectivity index (χ2n) is 9.94. The van der Waals surface area contributed by atoms with Crippen molar-refractivity contribution in [3.63, 3.8) is 0 Å². The van der Waals surface area contributed by atoms with E-state index in [-0.39, 0.29) is 11.6 Å². The minimum atomic E-state index is -0.207. The molecule has 0 radical (unpaired) electrons. The Bertz CT molecular complexity index is 788. The van der Waals surface area contributed by atoms with E-state index in [1.807, 2.05) is 0 Å². The summed E-state index contributed by atoms with van der Waals surface area (Å²) in [5.74, 6) is 1.51. The van der Waals surface area contributed by atoms with Crippen LogP contribution in [0.5, 0.6) is 0 Å². The molecule has 1 N–H and O–H groups in total. The fourth-order valence-corrected chi connectivity index (χ4v) is 5.99. The molecule has 1 unspecified atom stereocenters. The molecular formula is C25H36N4O. The van der Waals surface area contributed by atoms with Gasteiger partial charge in [0.1, 0.15) is 11.4 Å². The van der Waals surface area contributed by atoms with Crippen molar-refractivity contribution in [3.8, 4) is 0 Å². The number of rotatable bonds is 1. The minimum absolute atomic E-state index is 0.0843. The molecule has 3 fully saturated rings. The van der Waals surface area contributed by atoms with Gasteiger partial charge in [0.2, 0.25) is 0 Å². The molecule has 30 heavy (non-hydrogen) atoms. The van der Waals surface area contributed by atoms with Crippen molar-refractivity contribution < 1.29 is 4.79 Å². The van der Waals surface area contributed by atoms with E-state index in [0.29, 0.717) is 12.0 Å². The van der Waals surface area contributed by atoms with Crippen LogP contribution in [0.15, 0.2) is 29.3 Å². The van der Waals surface area contributed by atoms with E-state index >= 15 is 0 Å². The summed E-state index contributed by atoms with van der Waals surface area (Å²) in [5, 5.41) is 3.24. The molecule has 1 aromatic rings. The number of hydrogen-bond donors (Lipinski definition) is 1. The maximum atomic E-state index is 13.1. The summed E-state index contributed by atoms with van der Waals surface area (Å²) in [7, 11) is 0. The average Bonchev–Trinajstić information content (AvgIpc) is 3.01. The Balaban J connectivity index is 1.44. The summed E-state index contributed by atoms with van der Waals surface area (Å²) < 4.78 is 0. The lowest BCUT2D eigenvalue weighted by atomic mass is 9.84. The summed E-state index contributed by atoms with van der Waals surface area (Å²) in [6.45, 7) is 6.19. The molecule has 1 aliphatic carbocycles. The van der Waals surface area contributed by atoms with E-state index in [0.717, 1.165) is 57.7 Å². The SMILES string of the molecule is CC1CCCN2C(=O)NC(=NC3CCCCC3)C23CCN(CC3)Cc2ccc1cc2. The van der Waals surface area contributed by atoms with Crippen LogP contribution in [0.3, 0.4) is 0 Å². The van der Waals surface area contributed by atoms with Gasteiger partial charge in [0.25, 0.3) is 0 Å². The molecule has 2 amide bonds. The average molecular weight is 409 g/mol. The quantitative estimate of drug-likeness (QED) is 0.734. The van der Waals surface area contributed by atoms with Gasteiger partial charge in [0, 0.05) is 26.2 Å². The number of carbonyl (C=O) groups is 1. The smallest absolute Gasteiger partial charge is 0.312 e. The topological polar surface area (TPSA) is 47.9 Å². The van der Waals surface area contributed by atoms with E-state index in [4.69, 9.17) is 4.99 Å². The first-order valence-electron chi connectivity index (χ1n) is 12.1. The minimum Gasteiger partial charge on any atom is -0.312 e. The van der Waals surface area contributed by atoms with Crippen LogP contribution in [-0.4, -0.2) is 52.9 Å². The van der Waals surface area contributed by atoms with Gasteiger partial charge in [-0.15, -0.1) is 0 Å². The van der Waals surface area contributed by atoms with Crippen LogP contribution in [0.4, 0.5) is 4.79 Å².